The van der Waals surface area contributed by atoms with Crippen LogP contribution in [0.25, 0.3) is 0 Å². The zero-order valence-corrected chi connectivity index (χ0v) is 12.8. The molecule has 0 rings (SSSR count). The maximum absolute atomic E-state index is 11.6. The molecule has 2 unspecified atom stereocenters. The quantitative estimate of drug-likeness (QED) is 0.380. The van der Waals surface area contributed by atoms with E-state index in [0.717, 1.165) is 18.9 Å². The summed E-state index contributed by atoms with van der Waals surface area (Å²) in [6, 6.07) is 1.02. The summed E-state index contributed by atoms with van der Waals surface area (Å²) in [5.74, 6) is -0.300. The fourth-order valence-electron chi connectivity index (χ4n) is 2.02. The summed E-state index contributed by atoms with van der Waals surface area (Å²) in [7, 11) is -1.97. The molecule has 0 amide bonds. The lowest BCUT2D eigenvalue weighted by atomic mass is 10.4. The normalized spacial score (nSPS) is 16.1. The number of rotatable bonds is 8. The Morgan fingerprint density at radius 1 is 1.35 bits per heavy atom. The Labute approximate surface area is 106 Å². The third kappa shape index (κ3) is 5.04. The fourth-order valence-corrected chi connectivity index (χ4v) is 5.55. The molecule has 0 radical (unpaired) electrons. The number of carbonyl (C=O) groups is 1. The van der Waals surface area contributed by atoms with Crippen LogP contribution < -0.4 is 0 Å². The van der Waals surface area contributed by atoms with Crippen molar-refractivity contribution in [1.82, 2.24) is 0 Å². The lowest BCUT2D eigenvalue weighted by Gasteiger charge is -2.34. The highest BCUT2D eigenvalue weighted by Crippen LogP contribution is 2.24. The fraction of sp³-hybridized carbons (Fsp3) is 0.769. The molecule has 2 atom stereocenters. The lowest BCUT2D eigenvalue weighted by Crippen LogP contribution is -2.49. The van der Waals surface area contributed by atoms with Gasteiger partial charge in [-0.25, -0.2) is 4.79 Å². The average Bonchev–Trinajstić information content (AvgIpc) is 2.25. The van der Waals surface area contributed by atoms with Crippen LogP contribution in [-0.4, -0.2) is 26.6 Å². The number of ether oxygens (including phenoxy) is 1. The zero-order valence-electron chi connectivity index (χ0n) is 11.8. The molecule has 0 N–H and O–H groups in total. The van der Waals surface area contributed by atoms with Gasteiger partial charge < -0.3 is 9.16 Å². The zero-order chi connectivity index (χ0) is 13.5. The molecule has 0 aliphatic carbocycles. The van der Waals surface area contributed by atoms with E-state index in [1.54, 1.807) is 6.92 Å². The largest absolute Gasteiger partial charge is 0.460 e. The standard InChI is InChI=1S/C13H26O3Si/c1-7-10-17(6,15-9-3)12(8-2)16-13(14)11(4)5/h12H,4,7-10H2,1-3,5-6H3. The summed E-state index contributed by atoms with van der Waals surface area (Å²) in [5, 5.41) is 0. The van der Waals surface area contributed by atoms with Crippen molar-refractivity contribution >= 4 is 14.3 Å². The number of carbonyl (C=O) groups excluding carboxylic acids is 1. The van der Waals surface area contributed by atoms with Gasteiger partial charge in [0.2, 0.25) is 8.32 Å². The van der Waals surface area contributed by atoms with E-state index in [2.05, 4.69) is 20.0 Å². The average molecular weight is 258 g/mol. The van der Waals surface area contributed by atoms with Crippen LogP contribution in [0.2, 0.25) is 12.6 Å². The first-order valence-corrected chi connectivity index (χ1v) is 9.10. The Balaban J connectivity index is 4.77. The highest BCUT2D eigenvalue weighted by molar-refractivity contribution is 6.73. The minimum atomic E-state index is -1.97. The van der Waals surface area contributed by atoms with Crippen LogP contribution in [0, 0.1) is 0 Å². The third-order valence-corrected chi connectivity index (χ3v) is 7.20. The molecule has 0 aromatic carbocycles. The minimum absolute atomic E-state index is 0.0772. The van der Waals surface area contributed by atoms with E-state index in [1.807, 2.05) is 13.8 Å². The molecular weight excluding hydrogens is 232 g/mol. The number of hydrogen-bond donors (Lipinski definition) is 0. The Morgan fingerprint density at radius 3 is 2.29 bits per heavy atom. The SMILES string of the molecule is C=C(C)C(=O)OC(CC)[Si](C)(CCC)OCC. The van der Waals surface area contributed by atoms with Crippen molar-refractivity contribution < 1.29 is 14.0 Å². The second-order valence-electron chi connectivity index (χ2n) is 4.58. The Morgan fingerprint density at radius 2 is 1.94 bits per heavy atom. The molecule has 0 aliphatic heterocycles. The van der Waals surface area contributed by atoms with Crippen LogP contribution in [0.1, 0.15) is 40.5 Å². The maximum Gasteiger partial charge on any atom is 0.333 e. The summed E-state index contributed by atoms with van der Waals surface area (Å²) < 4.78 is 11.5. The van der Waals surface area contributed by atoms with Crippen molar-refractivity contribution in [3.05, 3.63) is 12.2 Å². The summed E-state index contributed by atoms with van der Waals surface area (Å²) in [5.41, 5.74) is 0.374. The van der Waals surface area contributed by atoms with Gasteiger partial charge in [0.1, 0.15) is 5.73 Å². The van der Waals surface area contributed by atoms with Crippen molar-refractivity contribution in [2.24, 2.45) is 0 Å². The van der Waals surface area contributed by atoms with E-state index in [9.17, 15) is 4.79 Å². The topological polar surface area (TPSA) is 35.5 Å². The summed E-state index contributed by atoms with van der Waals surface area (Å²) in [4.78, 5) is 11.6. The first kappa shape index (κ1) is 16.4. The van der Waals surface area contributed by atoms with E-state index in [0.29, 0.717) is 12.2 Å². The third-order valence-electron chi connectivity index (χ3n) is 2.87. The Kier molecular flexibility index (Phi) is 7.39. The van der Waals surface area contributed by atoms with Crippen molar-refractivity contribution in [2.45, 2.75) is 58.9 Å². The molecule has 0 aromatic heterocycles. The summed E-state index contributed by atoms with van der Waals surface area (Å²) in [6.07, 6.45) is 1.87. The summed E-state index contributed by atoms with van der Waals surface area (Å²) >= 11 is 0. The molecule has 0 fully saturated rings. The van der Waals surface area contributed by atoms with E-state index in [4.69, 9.17) is 9.16 Å². The van der Waals surface area contributed by atoms with Gasteiger partial charge in [0.15, 0.2) is 0 Å². The van der Waals surface area contributed by atoms with Gasteiger partial charge in [0.05, 0.1) is 0 Å². The second kappa shape index (κ2) is 7.66. The van der Waals surface area contributed by atoms with Crippen LogP contribution in [0.5, 0.6) is 0 Å². The summed E-state index contributed by atoms with van der Waals surface area (Å²) in [6.45, 7) is 14.3. The van der Waals surface area contributed by atoms with E-state index >= 15 is 0 Å². The van der Waals surface area contributed by atoms with Crippen molar-refractivity contribution in [3.8, 4) is 0 Å². The van der Waals surface area contributed by atoms with Gasteiger partial charge in [-0.2, -0.15) is 0 Å². The van der Waals surface area contributed by atoms with Crippen LogP contribution in [-0.2, 0) is 14.0 Å². The second-order valence-corrected chi connectivity index (χ2v) is 8.64. The lowest BCUT2D eigenvalue weighted by molar-refractivity contribution is -0.141. The molecule has 100 valence electrons. The van der Waals surface area contributed by atoms with Gasteiger partial charge in [-0.15, -0.1) is 0 Å². The molecule has 0 saturated carbocycles. The monoisotopic (exact) mass is 258 g/mol. The van der Waals surface area contributed by atoms with Crippen LogP contribution in [0.15, 0.2) is 12.2 Å². The predicted molar refractivity (Wildman–Crippen MR) is 73.3 cm³/mol. The smallest absolute Gasteiger partial charge is 0.333 e. The van der Waals surface area contributed by atoms with Gasteiger partial charge in [-0.05, 0) is 32.9 Å². The Hall–Kier alpha value is -0.613. The maximum atomic E-state index is 11.6. The predicted octanol–water partition coefficient (Wildman–Crippen LogP) is 3.45. The molecular formula is C13H26O3Si. The van der Waals surface area contributed by atoms with Crippen LogP contribution in [0.3, 0.4) is 0 Å². The molecule has 3 nitrogen and oxygen atoms in total. The highest BCUT2D eigenvalue weighted by Gasteiger charge is 2.39. The highest BCUT2D eigenvalue weighted by atomic mass is 28.4. The van der Waals surface area contributed by atoms with Gasteiger partial charge in [0.25, 0.3) is 0 Å². The molecule has 4 heteroatoms. The molecule has 0 bridgehead atoms. The number of hydrogen-bond acceptors (Lipinski definition) is 3. The van der Waals surface area contributed by atoms with Crippen LogP contribution in [0.4, 0.5) is 0 Å². The molecule has 0 spiro atoms. The first-order chi connectivity index (χ1) is 7.91. The van der Waals surface area contributed by atoms with Crippen molar-refractivity contribution in [2.75, 3.05) is 6.61 Å². The van der Waals surface area contributed by atoms with E-state index in [-0.39, 0.29) is 11.7 Å². The molecule has 0 heterocycles. The van der Waals surface area contributed by atoms with Crippen molar-refractivity contribution in [3.63, 3.8) is 0 Å². The molecule has 0 aromatic rings. The van der Waals surface area contributed by atoms with E-state index < -0.39 is 8.32 Å². The van der Waals surface area contributed by atoms with Gasteiger partial charge in [-0.3, -0.25) is 0 Å². The Bertz CT molecular complexity index is 257. The van der Waals surface area contributed by atoms with Gasteiger partial charge in [-0.1, -0.05) is 26.8 Å². The molecule has 0 saturated heterocycles. The minimum Gasteiger partial charge on any atom is -0.460 e. The van der Waals surface area contributed by atoms with Crippen LogP contribution >= 0.6 is 0 Å². The van der Waals surface area contributed by atoms with Crippen molar-refractivity contribution in [1.29, 1.82) is 0 Å². The molecule has 17 heavy (non-hydrogen) atoms. The van der Waals surface area contributed by atoms with E-state index in [1.165, 1.54) is 0 Å². The first-order valence-electron chi connectivity index (χ1n) is 6.41. The van der Waals surface area contributed by atoms with Gasteiger partial charge >= 0.3 is 5.97 Å². The molecule has 0 aliphatic rings. The van der Waals surface area contributed by atoms with Gasteiger partial charge in [0, 0.05) is 12.2 Å². The number of esters is 1.